The van der Waals surface area contributed by atoms with Gasteiger partial charge in [-0.25, -0.2) is 0 Å². The van der Waals surface area contributed by atoms with Crippen LogP contribution in [0.2, 0.25) is 0 Å². The summed E-state index contributed by atoms with van der Waals surface area (Å²) in [6.45, 7) is 3.71. The highest BCUT2D eigenvalue weighted by molar-refractivity contribution is 5.94. The Morgan fingerprint density at radius 3 is 2.05 bits per heavy atom. The number of methoxy groups -OCH3 is 4. The third kappa shape index (κ3) is 5.83. The minimum atomic E-state index is -0.120. The van der Waals surface area contributed by atoms with Gasteiger partial charge in [0, 0.05) is 24.7 Å². The highest BCUT2D eigenvalue weighted by Gasteiger charge is 2.35. The van der Waals surface area contributed by atoms with Crippen LogP contribution in [0.15, 0.2) is 60.7 Å². The van der Waals surface area contributed by atoms with Gasteiger partial charge >= 0.3 is 0 Å². The summed E-state index contributed by atoms with van der Waals surface area (Å²) < 4.78 is 21.8. The molecule has 1 aliphatic heterocycles. The molecule has 196 valence electrons. The van der Waals surface area contributed by atoms with Gasteiger partial charge in [0.15, 0.2) is 11.5 Å². The molecular formula is C30H36N2O5. The number of amides is 1. The fraction of sp³-hybridized carbons (Fsp3) is 0.367. The van der Waals surface area contributed by atoms with E-state index >= 15 is 0 Å². The Balaban J connectivity index is 1.69. The molecule has 1 N–H and O–H groups in total. The van der Waals surface area contributed by atoms with Gasteiger partial charge in [-0.3, -0.25) is 9.69 Å². The summed E-state index contributed by atoms with van der Waals surface area (Å²) in [6, 6.07) is 19.3. The largest absolute Gasteiger partial charge is 0.497 e. The predicted octanol–water partition coefficient (Wildman–Crippen LogP) is 5.03. The van der Waals surface area contributed by atoms with E-state index in [0.717, 1.165) is 48.7 Å². The first kappa shape index (κ1) is 26.4. The van der Waals surface area contributed by atoms with Crippen LogP contribution in [0.1, 0.15) is 46.4 Å². The number of rotatable bonds is 10. The van der Waals surface area contributed by atoms with Gasteiger partial charge in [0.25, 0.3) is 5.91 Å². The smallest absolute Gasteiger partial charge is 0.251 e. The van der Waals surface area contributed by atoms with Crippen LogP contribution in [-0.4, -0.2) is 51.8 Å². The summed E-state index contributed by atoms with van der Waals surface area (Å²) >= 11 is 0. The average molecular weight is 505 g/mol. The molecule has 1 amide bonds. The molecule has 4 rings (SSSR count). The number of nitrogens with zero attached hydrogens (tertiary/aromatic N) is 1. The van der Waals surface area contributed by atoms with Crippen molar-refractivity contribution in [1.82, 2.24) is 10.2 Å². The number of carbonyl (C=O) groups is 1. The average Bonchev–Trinajstić information content (AvgIpc) is 2.95. The molecule has 0 fully saturated rings. The van der Waals surface area contributed by atoms with E-state index in [2.05, 4.69) is 41.4 Å². The number of ether oxygens (including phenoxy) is 4. The number of carbonyl (C=O) groups excluding carboxylic acids is 1. The van der Waals surface area contributed by atoms with Crippen LogP contribution in [-0.2, 0) is 13.0 Å². The van der Waals surface area contributed by atoms with Crippen molar-refractivity contribution in [1.29, 1.82) is 0 Å². The molecule has 37 heavy (non-hydrogen) atoms. The molecule has 0 unspecified atom stereocenters. The molecule has 7 nitrogen and oxygen atoms in total. The summed E-state index contributed by atoms with van der Waals surface area (Å²) in [5.41, 5.74) is 4.15. The maximum atomic E-state index is 13.3. The Hall–Kier alpha value is -3.71. The lowest BCUT2D eigenvalue weighted by molar-refractivity contribution is 0.0859. The van der Waals surface area contributed by atoms with E-state index < -0.39 is 0 Å². The van der Waals surface area contributed by atoms with Crippen molar-refractivity contribution in [3.63, 3.8) is 0 Å². The zero-order valence-electron chi connectivity index (χ0n) is 22.2. The van der Waals surface area contributed by atoms with Gasteiger partial charge in [-0.15, -0.1) is 0 Å². The number of hydrogen-bond acceptors (Lipinski definition) is 6. The molecule has 7 heteroatoms. The van der Waals surface area contributed by atoms with E-state index in [-0.39, 0.29) is 18.0 Å². The van der Waals surface area contributed by atoms with Crippen molar-refractivity contribution in [2.24, 2.45) is 0 Å². The van der Waals surface area contributed by atoms with Crippen molar-refractivity contribution in [3.05, 3.63) is 82.9 Å². The SMILES string of the molecule is CC[C@H](NC(=O)c1ccc(OC)cc1)[C@H]1c2cc(OC)c(OC)cc2CCN1Cc1ccc(OC)cc1. The Kier molecular flexibility index (Phi) is 8.56. The van der Waals surface area contributed by atoms with Crippen LogP contribution < -0.4 is 24.3 Å². The van der Waals surface area contributed by atoms with Gasteiger partial charge in [-0.1, -0.05) is 19.1 Å². The molecule has 0 saturated carbocycles. The second kappa shape index (κ2) is 12.0. The molecule has 0 aliphatic carbocycles. The number of benzene rings is 3. The van der Waals surface area contributed by atoms with Gasteiger partial charge in [0.1, 0.15) is 11.5 Å². The van der Waals surface area contributed by atoms with Crippen molar-refractivity contribution in [2.45, 2.75) is 38.4 Å². The highest BCUT2D eigenvalue weighted by Crippen LogP contribution is 2.40. The van der Waals surface area contributed by atoms with Crippen molar-refractivity contribution in [3.8, 4) is 23.0 Å². The fourth-order valence-corrected chi connectivity index (χ4v) is 5.04. The normalized spacial score (nSPS) is 15.9. The first-order chi connectivity index (χ1) is 18.0. The lowest BCUT2D eigenvalue weighted by Crippen LogP contribution is -2.48. The Bertz CT molecular complexity index is 1190. The lowest BCUT2D eigenvalue weighted by atomic mass is 9.86. The third-order valence-electron chi connectivity index (χ3n) is 7.06. The first-order valence-corrected chi connectivity index (χ1v) is 12.6. The molecule has 3 aromatic rings. The predicted molar refractivity (Wildman–Crippen MR) is 144 cm³/mol. The summed E-state index contributed by atoms with van der Waals surface area (Å²) in [6.07, 6.45) is 1.64. The minimum Gasteiger partial charge on any atom is -0.497 e. The van der Waals surface area contributed by atoms with Gasteiger partial charge in [-0.05, 0) is 78.1 Å². The molecule has 0 saturated heterocycles. The van der Waals surface area contributed by atoms with Gasteiger partial charge in [0.05, 0.1) is 34.5 Å². The molecule has 3 aromatic carbocycles. The molecule has 0 radical (unpaired) electrons. The molecular weight excluding hydrogens is 468 g/mol. The molecule has 1 heterocycles. The summed E-state index contributed by atoms with van der Waals surface area (Å²) in [7, 11) is 6.60. The van der Waals surface area contributed by atoms with E-state index in [9.17, 15) is 4.79 Å². The number of fused-ring (bicyclic) bond motifs is 1. The molecule has 2 atom stereocenters. The highest BCUT2D eigenvalue weighted by atomic mass is 16.5. The van der Waals surface area contributed by atoms with Crippen LogP contribution >= 0.6 is 0 Å². The molecule has 0 spiro atoms. The molecule has 1 aliphatic rings. The van der Waals surface area contributed by atoms with E-state index in [4.69, 9.17) is 18.9 Å². The first-order valence-electron chi connectivity index (χ1n) is 12.6. The van der Waals surface area contributed by atoms with Gasteiger partial charge in [-0.2, -0.15) is 0 Å². The zero-order chi connectivity index (χ0) is 26.4. The van der Waals surface area contributed by atoms with Crippen LogP contribution in [0.25, 0.3) is 0 Å². The van der Waals surface area contributed by atoms with Crippen LogP contribution in [0.5, 0.6) is 23.0 Å². The third-order valence-corrected chi connectivity index (χ3v) is 7.06. The second-order valence-corrected chi connectivity index (χ2v) is 9.14. The Morgan fingerprint density at radius 1 is 0.892 bits per heavy atom. The summed E-state index contributed by atoms with van der Waals surface area (Å²) in [5, 5.41) is 3.32. The maximum Gasteiger partial charge on any atom is 0.251 e. The summed E-state index contributed by atoms with van der Waals surface area (Å²) in [4.78, 5) is 15.7. The van der Waals surface area contributed by atoms with E-state index in [1.54, 1.807) is 52.7 Å². The van der Waals surface area contributed by atoms with Crippen LogP contribution in [0, 0.1) is 0 Å². The number of hydrogen-bond donors (Lipinski definition) is 1. The molecule has 0 aromatic heterocycles. The zero-order valence-corrected chi connectivity index (χ0v) is 22.2. The Morgan fingerprint density at radius 2 is 1.49 bits per heavy atom. The second-order valence-electron chi connectivity index (χ2n) is 9.14. The standard InChI is InChI=1S/C30H36N2O5/c1-6-26(31-30(33)21-9-13-24(35-3)14-10-21)29-25-18-28(37-5)27(36-4)17-22(25)15-16-32(29)19-20-7-11-23(34-2)12-8-20/h7-14,17-18,26,29H,6,15-16,19H2,1-5H3,(H,31,33)/t26-,29+/m0/s1. The summed E-state index contributed by atoms with van der Waals surface area (Å²) in [5.74, 6) is 2.86. The van der Waals surface area contributed by atoms with Crippen molar-refractivity contribution >= 4 is 5.91 Å². The molecule has 0 bridgehead atoms. The van der Waals surface area contributed by atoms with Crippen molar-refractivity contribution < 1.29 is 23.7 Å². The quantitative estimate of drug-likeness (QED) is 0.418. The van der Waals surface area contributed by atoms with Crippen LogP contribution in [0.4, 0.5) is 0 Å². The Labute approximate surface area is 219 Å². The number of nitrogens with one attached hydrogen (secondary N) is 1. The van der Waals surface area contributed by atoms with E-state index in [1.807, 2.05) is 12.1 Å². The lowest BCUT2D eigenvalue weighted by Gasteiger charge is -2.42. The fourth-order valence-electron chi connectivity index (χ4n) is 5.04. The minimum absolute atomic E-state index is 0.0437. The van der Waals surface area contributed by atoms with Crippen LogP contribution in [0.3, 0.4) is 0 Å². The van der Waals surface area contributed by atoms with Gasteiger partial charge < -0.3 is 24.3 Å². The van der Waals surface area contributed by atoms with E-state index in [1.165, 1.54) is 11.1 Å². The van der Waals surface area contributed by atoms with Crippen molar-refractivity contribution in [2.75, 3.05) is 35.0 Å². The monoisotopic (exact) mass is 504 g/mol. The van der Waals surface area contributed by atoms with Gasteiger partial charge in [0.2, 0.25) is 0 Å². The van der Waals surface area contributed by atoms with E-state index in [0.29, 0.717) is 11.3 Å². The topological polar surface area (TPSA) is 69.3 Å². The maximum absolute atomic E-state index is 13.3.